The van der Waals surface area contributed by atoms with Gasteiger partial charge in [-0.15, -0.1) is 0 Å². The molecule has 2 heterocycles. The number of ether oxygens (including phenoxy) is 1. The van der Waals surface area contributed by atoms with E-state index in [2.05, 4.69) is 10.3 Å². The van der Waals surface area contributed by atoms with Gasteiger partial charge in [0.2, 0.25) is 5.91 Å². The van der Waals surface area contributed by atoms with E-state index >= 15 is 0 Å². The Bertz CT molecular complexity index is 1170. The summed E-state index contributed by atoms with van der Waals surface area (Å²) < 4.78 is 19.0. The molecule has 1 aliphatic heterocycles. The lowest BCUT2D eigenvalue weighted by Gasteiger charge is -2.31. The summed E-state index contributed by atoms with van der Waals surface area (Å²) in [6, 6.07) is 14.1. The summed E-state index contributed by atoms with van der Waals surface area (Å²) in [5.74, 6) is 0.240. The van der Waals surface area contributed by atoms with Crippen LogP contribution in [0.3, 0.4) is 0 Å². The number of aryl methyl sites for hydroxylation is 1. The molecule has 1 N–H and O–H groups in total. The lowest BCUT2D eigenvalue weighted by Crippen LogP contribution is -2.43. The number of carbonyl (C=O) groups excluding carboxylic acids is 2. The van der Waals surface area contributed by atoms with Crippen LogP contribution >= 0.6 is 0 Å². The van der Waals surface area contributed by atoms with Crippen LogP contribution in [0.4, 0.5) is 4.39 Å². The van der Waals surface area contributed by atoms with Crippen molar-refractivity contribution in [3.05, 3.63) is 71.2 Å². The van der Waals surface area contributed by atoms with Gasteiger partial charge >= 0.3 is 0 Å². The monoisotopic (exact) mass is 449 g/mol. The molecule has 1 aromatic heterocycles. The average Bonchev–Trinajstić information content (AvgIpc) is 2.84. The highest BCUT2D eigenvalue weighted by molar-refractivity contribution is 5.99. The predicted octanol–water partition coefficient (Wildman–Crippen LogP) is 3.90. The van der Waals surface area contributed by atoms with Crippen LogP contribution in [0.15, 0.2) is 48.5 Å². The number of rotatable bonds is 6. The number of hydrogen-bond acceptors (Lipinski definition) is 4. The second-order valence-electron chi connectivity index (χ2n) is 8.38. The largest absolute Gasteiger partial charge is 0.497 e. The van der Waals surface area contributed by atoms with Crippen LogP contribution in [0.2, 0.25) is 0 Å². The van der Waals surface area contributed by atoms with Gasteiger partial charge < -0.3 is 15.0 Å². The first kappa shape index (κ1) is 22.7. The number of amides is 2. The van der Waals surface area contributed by atoms with Gasteiger partial charge in [-0.3, -0.25) is 14.6 Å². The summed E-state index contributed by atoms with van der Waals surface area (Å²) in [5, 5.41) is 3.80. The number of hydrogen-bond donors (Lipinski definition) is 1. The second kappa shape index (κ2) is 9.98. The molecule has 0 spiro atoms. The minimum Gasteiger partial charge on any atom is -0.497 e. The first-order valence-corrected chi connectivity index (χ1v) is 11.2. The van der Waals surface area contributed by atoms with E-state index in [1.54, 1.807) is 30.2 Å². The van der Waals surface area contributed by atoms with Crippen LogP contribution in [0.1, 0.15) is 34.5 Å². The van der Waals surface area contributed by atoms with E-state index in [-0.39, 0.29) is 23.5 Å². The van der Waals surface area contributed by atoms with E-state index in [4.69, 9.17) is 4.74 Å². The van der Waals surface area contributed by atoms with Crippen molar-refractivity contribution in [2.24, 2.45) is 5.92 Å². The number of nitrogens with one attached hydrogen (secondary N) is 1. The maximum Gasteiger partial charge on any atom is 0.255 e. The Morgan fingerprint density at radius 1 is 1.15 bits per heavy atom. The third-order valence-electron chi connectivity index (χ3n) is 6.25. The maximum absolute atomic E-state index is 13.7. The van der Waals surface area contributed by atoms with Crippen LogP contribution in [0.25, 0.3) is 10.9 Å². The van der Waals surface area contributed by atoms with Crippen LogP contribution in [0, 0.1) is 18.7 Å². The highest BCUT2D eigenvalue weighted by atomic mass is 19.1. The van der Waals surface area contributed by atoms with Gasteiger partial charge in [0.15, 0.2) is 0 Å². The Hall–Kier alpha value is -3.48. The smallest absolute Gasteiger partial charge is 0.255 e. The highest BCUT2D eigenvalue weighted by Crippen LogP contribution is 2.24. The van der Waals surface area contributed by atoms with Crippen molar-refractivity contribution in [3.63, 3.8) is 0 Å². The lowest BCUT2D eigenvalue weighted by molar-refractivity contribution is -0.126. The van der Waals surface area contributed by atoms with Crippen LogP contribution in [-0.2, 0) is 11.2 Å². The van der Waals surface area contributed by atoms with Gasteiger partial charge in [0, 0.05) is 37.0 Å². The fourth-order valence-corrected chi connectivity index (χ4v) is 4.27. The van der Waals surface area contributed by atoms with Gasteiger partial charge in [0.1, 0.15) is 11.6 Å². The number of carbonyl (C=O) groups is 2. The zero-order valence-electron chi connectivity index (χ0n) is 18.9. The van der Waals surface area contributed by atoms with Crippen molar-refractivity contribution in [1.29, 1.82) is 0 Å². The van der Waals surface area contributed by atoms with E-state index < -0.39 is 0 Å². The molecule has 33 heavy (non-hydrogen) atoms. The minimum atomic E-state index is -0.254. The molecule has 7 heteroatoms. The van der Waals surface area contributed by atoms with E-state index in [1.165, 1.54) is 6.07 Å². The number of benzene rings is 2. The molecule has 4 rings (SSSR count). The Kier molecular flexibility index (Phi) is 6.87. The SMILES string of the molecule is COc1ccc2cc(C(=O)N3CCC(C(=O)NCCc4ccccc4F)CC3)c(C)nc2c1. The summed E-state index contributed by atoms with van der Waals surface area (Å²) in [4.78, 5) is 32.1. The zero-order chi connectivity index (χ0) is 23.4. The summed E-state index contributed by atoms with van der Waals surface area (Å²) in [7, 11) is 1.61. The number of piperidine rings is 1. The van der Waals surface area contributed by atoms with E-state index in [9.17, 15) is 14.0 Å². The molecule has 0 aliphatic carbocycles. The van der Waals surface area contributed by atoms with E-state index in [0.29, 0.717) is 55.7 Å². The molecule has 0 atom stereocenters. The molecule has 0 unspecified atom stereocenters. The number of pyridine rings is 1. The molecule has 3 aromatic rings. The number of methoxy groups -OCH3 is 1. The average molecular weight is 450 g/mol. The number of halogens is 1. The van der Waals surface area contributed by atoms with Crippen molar-refractivity contribution < 1.29 is 18.7 Å². The molecule has 0 saturated carbocycles. The second-order valence-corrected chi connectivity index (χ2v) is 8.38. The molecule has 1 aliphatic rings. The summed E-state index contributed by atoms with van der Waals surface area (Å²) in [5.41, 5.74) is 2.64. The summed E-state index contributed by atoms with van der Waals surface area (Å²) in [6.07, 6.45) is 1.67. The Morgan fingerprint density at radius 3 is 2.64 bits per heavy atom. The first-order valence-electron chi connectivity index (χ1n) is 11.2. The van der Waals surface area contributed by atoms with E-state index in [0.717, 1.165) is 16.7 Å². The summed E-state index contributed by atoms with van der Waals surface area (Å²) in [6.45, 7) is 3.27. The molecule has 0 radical (unpaired) electrons. The third-order valence-corrected chi connectivity index (χ3v) is 6.25. The van der Waals surface area contributed by atoms with Gasteiger partial charge in [0.25, 0.3) is 5.91 Å². The Labute approximate surface area is 192 Å². The van der Waals surface area contributed by atoms with E-state index in [1.807, 2.05) is 31.2 Å². The van der Waals surface area contributed by atoms with Crippen LogP contribution in [0.5, 0.6) is 5.75 Å². The van der Waals surface area contributed by atoms with Gasteiger partial charge in [-0.25, -0.2) is 4.39 Å². The molecular formula is C26H28FN3O3. The van der Waals surface area contributed by atoms with Crippen molar-refractivity contribution in [1.82, 2.24) is 15.2 Å². The van der Waals surface area contributed by atoms with Crippen molar-refractivity contribution >= 4 is 22.7 Å². The molecule has 1 fully saturated rings. The van der Waals surface area contributed by atoms with Crippen molar-refractivity contribution in [3.8, 4) is 5.75 Å². The molecule has 6 nitrogen and oxygen atoms in total. The predicted molar refractivity (Wildman–Crippen MR) is 125 cm³/mol. The Balaban J connectivity index is 1.32. The normalized spacial score (nSPS) is 14.3. The maximum atomic E-state index is 13.7. The Morgan fingerprint density at radius 2 is 1.91 bits per heavy atom. The molecule has 2 amide bonds. The third kappa shape index (κ3) is 5.13. The molecule has 2 aromatic carbocycles. The molecule has 0 bridgehead atoms. The lowest BCUT2D eigenvalue weighted by atomic mass is 9.95. The topological polar surface area (TPSA) is 71.5 Å². The molecule has 1 saturated heterocycles. The zero-order valence-corrected chi connectivity index (χ0v) is 18.9. The highest BCUT2D eigenvalue weighted by Gasteiger charge is 2.28. The number of aromatic nitrogens is 1. The van der Waals surface area contributed by atoms with Crippen molar-refractivity contribution in [2.75, 3.05) is 26.7 Å². The van der Waals surface area contributed by atoms with Gasteiger partial charge in [-0.2, -0.15) is 0 Å². The number of likely N-dealkylation sites (tertiary alicyclic amines) is 1. The molecule has 172 valence electrons. The van der Waals surface area contributed by atoms with Crippen LogP contribution < -0.4 is 10.1 Å². The fourth-order valence-electron chi connectivity index (χ4n) is 4.27. The van der Waals surface area contributed by atoms with Crippen molar-refractivity contribution in [2.45, 2.75) is 26.2 Å². The molecular weight excluding hydrogens is 421 g/mol. The first-order chi connectivity index (χ1) is 16.0. The van der Waals surface area contributed by atoms with Gasteiger partial charge in [0.05, 0.1) is 23.9 Å². The number of nitrogens with zero attached hydrogens (tertiary/aromatic N) is 2. The van der Waals surface area contributed by atoms with Crippen LogP contribution in [-0.4, -0.2) is 48.4 Å². The van der Waals surface area contributed by atoms with Gasteiger partial charge in [-0.05, 0) is 56.0 Å². The fraction of sp³-hybridized carbons (Fsp3) is 0.346. The standard InChI is InChI=1S/C26H28FN3O3/c1-17-22(15-20-7-8-21(33-2)16-24(20)29-17)26(32)30-13-10-19(11-14-30)25(31)28-12-9-18-5-3-4-6-23(18)27/h3-8,15-16,19H,9-14H2,1-2H3,(H,28,31). The quantitative estimate of drug-likeness (QED) is 0.620. The summed E-state index contributed by atoms with van der Waals surface area (Å²) >= 11 is 0. The number of fused-ring (bicyclic) bond motifs is 1. The minimum absolute atomic E-state index is 0.0315. The van der Waals surface area contributed by atoms with Gasteiger partial charge in [-0.1, -0.05) is 18.2 Å².